The van der Waals surface area contributed by atoms with E-state index in [1.165, 1.54) is 12.8 Å². The molecule has 0 amide bonds. The molecule has 0 spiro atoms. The fourth-order valence-electron chi connectivity index (χ4n) is 4.90. The van der Waals surface area contributed by atoms with Gasteiger partial charge >= 0.3 is 0 Å². The van der Waals surface area contributed by atoms with Gasteiger partial charge in [0, 0.05) is 22.5 Å². The first-order chi connectivity index (χ1) is 16.1. The van der Waals surface area contributed by atoms with Crippen LogP contribution in [0.3, 0.4) is 0 Å². The van der Waals surface area contributed by atoms with Crippen LogP contribution in [0.15, 0.2) is 36.4 Å². The maximum absolute atomic E-state index is 6.29. The molecule has 0 radical (unpaired) electrons. The standard InChI is InChI=1S/C26H29ClN4O2/c1-16-24-25(20-6-5-19(27)15-21(20)29-16)31(13-10-17-8-11-28-12-9-17)26(30-24)18-4-7-22(32-2)23(14-18)33-3/h4-7,14-15,17,28H,8-13H2,1-3H3. The third-order valence-electron chi connectivity index (χ3n) is 6.67. The zero-order valence-corrected chi connectivity index (χ0v) is 20.1. The second kappa shape index (κ2) is 9.20. The largest absolute Gasteiger partial charge is 0.493 e. The average Bonchev–Trinajstić information content (AvgIpc) is 3.23. The molecule has 3 heterocycles. The van der Waals surface area contributed by atoms with E-state index in [-0.39, 0.29) is 0 Å². The van der Waals surface area contributed by atoms with Gasteiger partial charge in [-0.2, -0.15) is 0 Å². The number of rotatable bonds is 6. The predicted molar refractivity (Wildman–Crippen MR) is 134 cm³/mol. The SMILES string of the molecule is COc1ccc(-c2nc3c(C)nc4cc(Cl)ccc4c3n2CCC2CCNCC2)cc1OC. The number of methoxy groups -OCH3 is 2. The van der Waals surface area contributed by atoms with Crippen LogP contribution in [0.4, 0.5) is 0 Å². The number of piperidine rings is 1. The maximum atomic E-state index is 6.29. The molecule has 1 fully saturated rings. The molecule has 7 heteroatoms. The molecule has 2 aromatic carbocycles. The van der Waals surface area contributed by atoms with Crippen molar-refractivity contribution in [3.8, 4) is 22.9 Å². The van der Waals surface area contributed by atoms with Gasteiger partial charge in [-0.1, -0.05) is 11.6 Å². The van der Waals surface area contributed by atoms with E-state index in [1.54, 1.807) is 14.2 Å². The normalized spacial score (nSPS) is 14.8. The molecule has 2 aromatic heterocycles. The number of ether oxygens (including phenoxy) is 2. The van der Waals surface area contributed by atoms with Gasteiger partial charge in [-0.15, -0.1) is 0 Å². The Morgan fingerprint density at radius 1 is 1.03 bits per heavy atom. The number of imidazole rings is 1. The lowest BCUT2D eigenvalue weighted by atomic mass is 9.94. The number of aryl methyl sites for hydroxylation is 2. The molecule has 0 aliphatic carbocycles. The molecule has 33 heavy (non-hydrogen) atoms. The highest BCUT2D eigenvalue weighted by molar-refractivity contribution is 6.31. The molecular formula is C26H29ClN4O2. The number of hydrogen-bond acceptors (Lipinski definition) is 5. The van der Waals surface area contributed by atoms with Crippen molar-refractivity contribution in [3.05, 3.63) is 47.1 Å². The second-order valence-electron chi connectivity index (χ2n) is 8.69. The Balaban J connectivity index is 1.70. The topological polar surface area (TPSA) is 61.2 Å². The highest BCUT2D eigenvalue weighted by Crippen LogP contribution is 2.36. The van der Waals surface area contributed by atoms with Crippen LogP contribution < -0.4 is 14.8 Å². The zero-order valence-electron chi connectivity index (χ0n) is 19.3. The van der Waals surface area contributed by atoms with E-state index in [9.17, 15) is 0 Å². The predicted octanol–water partition coefficient (Wildman–Crippen LogP) is 5.62. The lowest BCUT2D eigenvalue weighted by Crippen LogP contribution is -2.28. The van der Waals surface area contributed by atoms with Gasteiger partial charge in [0.15, 0.2) is 11.5 Å². The van der Waals surface area contributed by atoms with Gasteiger partial charge < -0.3 is 19.4 Å². The molecule has 0 bridgehead atoms. The summed E-state index contributed by atoms with van der Waals surface area (Å²) < 4.78 is 13.4. The molecule has 1 aliphatic heterocycles. The van der Waals surface area contributed by atoms with Crippen LogP contribution in [-0.2, 0) is 6.54 Å². The number of aromatic nitrogens is 3. The fraction of sp³-hybridized carbons (Fsp3) is 0.385. The molecule has 4 aromatic rings. The summed E-state index contributed by atoms with van der Waals surface area (Å²) in [5.74, 6) is 3.04. The molecule has 1 N–H and O–H groups in total. The number of nitrogens with one attached hydrogen (secondary N) is 1. The third kappa shape index (κ3) is 4.13. The van der Waals surface area contributed by atoms with E-state index in [0.717, 1.165) is 65.1 Å². The van der Waals surface area contributed by atoms with Gasteiger partial charge in [-0.3, -0.25) is 4.98 Å². The minimum atomic E-state index is 0.689. The van der Waals surface area contributed by atoms with Gasteiger partial charge in [0.25, 0.3) is 0 Å². The number of fused-ring (bicyclic) bond motifs is 3. The average molecular weight is 465 g/mol. The minimum absolute atomic E-state index is 0.689. The second-order valence-corrected chi connectivity index (χ2v) is 9.13. The summed E-state index contributed by atoms with van der Waals surface area (Å²) in [5.41, 5.74) is 4.85. The van der Waals surface area contributed by atoms with Crippen LogP contribution in [0.5, 0.6) is 11.5 Å². The number of nitrogens with zero attached hydrogens (tertiary/aromatic N) is 3. The van der Waals surface area contributed by atoms with Crippen molar-refractivity contribution in [2.24, 2.45) is 5.92 Å². The first-order valence-corrected chi connectivity index (χ1v) is 11.9. The molecular weight excluding hydrogens is 436 g/mol. The van der Waals surface area contributed by atoms with Crippen LogP contribution in [-0.4, -0.2) is 41.8 Å². The zero-order chi connectivity index (χ0) is 22.9. The summed E-state index contributed by atoms with van der Waals surface area (Å²) in [7, 11) is 3.31. The summed E-state index contributed by atoms with van der Waals surface area (Å²) >= 11 is 6.29. The number of benzene rings is 2. The Hall–Kier alpha value is -2.83. The smallest absolute Gasteiger partial charge is 0.161 e. The van der Waals surface area contributed by atoms with E-state index in [2.05, 4.69) is 16.0 Å². The molecule has 0 atom stereocenters. The highest BCUT2D eigenvalue weighted by atomic mass is 35.5. The first-order valence-electron chi connectivity index (χ1n) is 11.5. The van der Waals surface area contributed by atoms with Crippen LogP contribution in [0.25, 0.3) is 33.3 Å². The monoisotopic (exact) mass is 464 g/mol. The molecule has 0 saturated carbocycles. The van der Waals surface area contributed by atoms with Crippen molar-refractivity contribution >= 4 is 33.5 Å². The van der Waals surface area contributed by atoms with Crippen LogP contribution >= 0.6 is 11.6 Å². The Morgan fingerprint density at radius 3 is 2.58 bits per heavy atom. The summed E-state index contributed by atoms with van der Waals surface area (Å²) in [6.45, 7) is 5.11. The number of pyridine rings is 1. The van der Waals surface area contributed by atoms with Crippen LogP contribution in [0.2, 0.25) is 5.02 Å². The van der Waals surface area contributed by atoms with Crippen molar-refractivity contribution in [2.75, 3.05) is 27.3 Å². The number of hydrogen-bond donors (Lipinski definition) is 1. The molecule has 5 rings (SSSR count). The van der Waals surface area contributed by atoms with Gasteiger partial charge in [0.1, 0.15) is 11.3 Å². The van der Waals surface area contributed by atoms with Gasteiger partial charge in [0.2, 0.25) is 0 Å². The minimum Gasteiger partial charge on any atom is -0.493 e. The Labute approximate surface area is 198 Å². The quantitative estimate of drug-likeness (QED) is 0.401. The lowest BCUT2D eigenvalue weighted by Gasteiger charge is -2.23. The van der Waals surface area contributed by atoms with Gasteiger partial charge in [-0.05, 0) is 81.6 Å². The Kier molecular flexibility index (Phi) is 6.13. The molecule has 0 unspecified atom stereocenters. The van der Waals surface area contributed by atoms with E-state index >= 15 is 0 Å². The highest BCUT2D eigenvalue weighted by Gasteiger charge is 2.21. The van der Waals surface area contributed by atoms with E-state index < -0.39 is 0 Å². The molecule has 1 aliphatic rings. The van der Waals surface area contributed by atoms with Gasteiger partial charge in [-0.25, -0.2) is 4.98 Å². The van der Waals surface area contributed by atoms with E-state index in [1.807, 2.05) is 37.3 Å². The summed E-state index contributed by atoms with van der Waals surface area (Å²) in [6, 6.07) is 11.9. The number of halogens is 1. The van der Waals surface area contributed by atoms with Crippen LogP contribution in [0.1, 0.15) is 25.0 Å². The van der Waals surface area contributed by atoms with Crippen molar-refractivity contribution in [3.63, 3.8) is 0 Å². The third-order valence-corrected chi connectivity index (χ3v) is 6.91. The first kappa shape index (κ1) is 22.0. The molecule has 6 nitrogen and oxygen atoms in total. The molecule has 1 saturated heterocycles. The van der Waals surface area contributed by atoms with Crippen LogP contribution in [0, 0.1) is 12.8 Å². The van der Waals surface area contributed by atoms with Crippen molar-refractivity contribution in [1.82, 2.24) is 19.9 Å². The summed E-state index contributed by atoms with van der Waals surface area (Å²) in [4.78, 5) is 9.92. The van der Waals surface area contributed by atoms with Gasteiger partial charge in [0.05, 0.1) is 30.9 Å². The van der Waals surface area contributed by atoms with Crippen molar-refractivity contribution in [1.29, 1.82) is 0 Å². The lowest BCUT2D eigenvalue weighted by molar-refractivity contribution is 0.340. The molecule has 172 valence electrons. The van der Waals surface area contributed by atoms with E-state index in [4.69, 9.17) is 31.0 Å². The fourth-order valence-corrected chi connectivity index (χ4v) is 5.07. The summed E-state index contributed by atoms with van der Waals surface area (Å²) in [6.07, 6.45) is 3.55. The van der Waals surface area contributed by atoms with Crippen molar-refractivity contribution in [2.45, 2.75) is 32.7 Å². The maximum Gasteiger partial charge on any atom is 0.161 e. The Morgan fingerprint density at radius 2 is 1.82 bits per heavy atom. The summed E-state index contributed by atoms with van der Waals surface area (Å²) in [5, 5.41) is 5.23. The Bertz CT molecular complexity index is 1310. The van der Waals surface area contributed by atoms with Crippen molar-refractivity contribution < 1.29 is 9.47 Å². The van der Waals surface area contributed by atoms with E-state index in [0.29, 0.717) is 22.4 Å².